The van der Waals surface area contributed by atoms with Gasteiger partial charge in [-0.25, -0.2) is 0 Å². The van der Waals surface area contributed by atoms with Crippen LogP contribution in [0.5, 0.6) is 0 Å². The topological polar surface area (TPSA) is 32.3 Å². The van der Waals surface area contributed by atoms with Crippen LogP contribution in [0.2, 0.25) is 0 Å². The number of fused-ring (bicyclic) bond motifs is 4. The maximum Gasteiger partial charge on any atom is 0.253 e. The lowest BCUT2D eigenvalue weighted by atomic mass is 9.76. The SMILES string of the molecule is CN(C)C(=O)c1ccc2c(c1)C1C=CCC1C(c1cccc3ccccc13)N2. The molecule has 1 heterocycles. The summed E-state index contributed by atoms with van der Waals surface area (Å²) in [7, 11) is 3.60. The van der Waals surface area contributed by atoms with Gasteiger partial charge in [-0.1, -0.05) is 54.6 Å². The lowest BCUT2D eigenvalue weighted by Crippen LogP contribution is -2.30. The van der Waals surface area contributed by atoms with Gasteiger partial charge in [0.1, 0.15) is 0 Å². The summed E-state index contributed by atoms with van der Waals surface area (Å²) in [6.07, 6.45) is 5.67. The van der Waals surface area contributed by atoms with Gasteiger partial charge >= 0.3 is 0 Å². The Balaban J connectivity index is 1.61. The van der Waals surface area contributed by atoms with Crippen molar-refractivity contribution in [3.05, 3.63) is 89.5 Å². The highest BCUT2D eigenvalue weighted by molar-refractivity contribution is 5.95. The molecule has 2 aliphatic rings. The number of benzene rings is 3. The van der Waals surface area contributed by atoms with Crippen molar-refractivity contribution < 1.29 is 4.79 Å². The lowest BCUT2D eigenvalue weighted by molar-refractivity contribution is 0.0827. The second kappa shape index (κ2) is 6.52. The van der Waals surface area contributed by atoms with Crippen molar-refractivity contribution in [1.82, 2.24) is 4.90 Å². The van der Waals surface area contributed by atoms with E-state index in [1.165, 1.54) is 21.9 Å². The molecule has 1 N–H and O–H groups in total. The van der Waals surface area contributed by atoms with Crippen LogP contribution in [0, 0.1) is 5.92 Å². The number of hydrogen-bond donors (Lipinski definition) is 1. The minimum absolute atomic E-state index is 0.0532. The molecule has 0 radical (unpaired) electrons. The minimum Gasteiger partial charge on any atom is -0.378 e. The molecule has 3 aromatic rings. The van der Waals surface area contributed by atoms with Gasteiger partial charge in [0, 0.05) is 31.3 Å². The second-order valence-corrected chi connectivity index (χ2v) is 8.05. The Labute approximate surface area is 165 Å². The first-order valence-electron chi connectivity index (χ1n) is 9.90. The number of allylic oxidation sites excluding steroid dienone is 2. The van der Waals surface area contributed by atoms with Gasteiger partial charge in [0.15, 0.2) is 0 Å². The number of carbonyl (C=O) groups is 1. The van der Waals surface area contributed by atoms with E-state index < -0.39 is 0 Å². The van der Waals surface area contributed by atoms with Crippen LogP contribution in [0.25, 0.3) is 10.8 Å². The fourth-order valence-corrected chi connectivity index (χ4v) is 4.82. The number of amides is 1. The molecule has 3 unspecified atom stereocenters. The predicted octanol–water partition coefficient (Wildman–Crippen LogP) is 5.37. The van der Waals surface area contributed by atoms with Gasteiger partial charge in [0.25, 0.3) is 5.91 Å². The van der Waals surface area contributed by atoms with Crippen LogP contribution in [0.15, 0.2) is 72.8 Å². The van der Waals surface area contributed by atoms with Gasteiger partial charge in [0.05, 0.1) is 6.04 Å². The van der Waals surface area contributed by atoms with E-state index in [0.29, 0.717) is 11.8 Å². The molecule has 28 heavy (non-hydrogen) atoms. The number of anilines is 1. The van der Waals surface area contributed by atoms with Crippen LogP contribution in [-0.4, -0.2) is 24.9 Å². The van der Waals surface area contributed by atoms with E-state index in [0.717, 1.165) is 17.7 Å². The van der Waals surface area contributed by atoms with Crippen molar-refractivity contribution in [3.8, 4) is 0 Å². The molecule has 3 heteroatoms. The molecule has 0 bridgehead atoms. The van der Waals surface area contributed by atoms with Crippen molar-refractivity contribution in [3.63, 3.8) is 0 Å². The minimum atomic E-state index is 0.0532. The van der Waals surface area contributed by atoms with Crippen LogP contribution in [-0.2, 0) is 0 Å². The number of nitrogens with zero attached hydrogens (tertiary/aromatic N) is 1. The summed E-state index contributed by atoms with van der Waals surface area (Å²) in [5.41, 5.74) is 4.49. The van der Waals surface area contributed by atoms with Crippen molar-refractivity contribution in [1.29, 1.82) is 0 Å². The smallest absolute Gasteiger partial charge is 0.253 e. The average Bonchev–Trinajstić information content (AvgIpc) is 3.22. The van der Waals surface area contributed by atoms with E-state index in [2.05, 4.69) is 72.1 Å². The van der Waals surface area contributed by atoms with Gasteiger partial charge in [0.2, 0.25) is 0 Å². The van der Waals surface area contributed by atoms with Crippen molar-refractivity contribution in [2.45, 2.75) is 18.4 Å². The second-order valence-electron chi connectivity index (χ2n) is 8.05. The Morgan fingerprint density at radius 1 is 1.00 bits per heavy atom. The van der Waals surface area contributed by atoms with Gasteiger partial charge in [-0.05, 0) is 52.4 Å². The number of carbonyl (C=O) groups excluding carboxylic acids is 1. The molecule has 1 aliphatic carbocycles. The molecular formula is C25H24N2O. The molecule has 0 aromatic heterocycles. The van der Waals surface area contributed by atoms with Crippen LogP contribution in [0.3, 0.4) is 0 Å². The maximum atomic E-state index is 12.4. The Kier molecular flexibility index (Phi) is 3.97. The summed E-state index contributed by atoms with van der Waals surface area (Å²) >= 11 is 0. The zero-order chi connectivity index (χ0) is 19.3. The van der Waals surface area contributed by atoms with E-state index in [-0.39, 0.29) is 11.9 Å². The summed E-state index contributed by atoms with van der Waals surface area (Å²) in [4.78, 5) is 14.1. The molecule has 0 spiro atoms. The highest BCUT2D eigenvalue weighted by Crippen LogP contribution is 2.50. The highest BCUT2D eigenvalue weighted by Gasteiger charge is 2.38. The van der Waals surface area contributed by atoms with Crippen LogP contribution >= 0.6 is 0 Å². The first-order valence-corrected chi connectivity index (χ1v) is 9.90. The van der Waals surface area contributed by atoms with Gasteiger partial charge in [-0.15, -0.1) is 0 Å². The summed E-state index contributed by atoms with van der Waals surface area (Å²) < 4.78 is 0. The molecule has 0 saturated heterocycles. The average molecular weight is 368 g/mol. The third kappa shape index (κ3) is 2.62. The summed E-state index contributed by atoms with van der Waals surface area (Å²) in [6, 6.07) is 21.6. The Morgan fingerprint density at radius 2 is 1.82 bits per heavy atom. The van der Waals surface area contributed by atoms with Crippen molar-refractivity contribution in [2.75, 3.05) is 19.4 Å². The lowest BCUT2D eigenvalue weighted by Gasteiger charge is -2.38. The van der Waals surface area contributed by atoms with Gasteiger partial charge in [-0.2, -0.15) is 0 Å². The summed E-state index contributed by atoms with van der Waals surface area (Å²) in [5, 5.41) is 6.40. The van der Waals surface area contributed by atoms with Gasteiger partial charge in [-0.3, -0.25) is 4.79 Å². The van der Waals surface area contributed by atoms with Crippen molar-refractivity contribution >= 4 is 22.4 Å². The molecular weight excluding hydrogens is 344 g/mol. The van der Waals surface area contributed by atoms with Crippen LogP contribution in [0.1, 0.15) is 39.9 Å². The first-order chi connectivity index (χ1) is 13.6. The molecule has 1 aliphatic heterocycles. The Morgan fingerprint density at radius 3 is 2.68 bits per heavy atom. The third-order valence-electron chi connectivity index (χ3n) is 6.17. The van der Waals surface area contributed by atoms with E-state index in [1.54, 1.807) is 19.0 Å². The molecule has 140 valence electrons. The third-order valence-corrected chi connectivity index (χ3v) is 6.17. The zero-order valence-electron chi connectivity index (χ0n) is 16.2. The molecule has 0 saturated carbocycles. The van der Waals surface area contributed by atoms with Gasteiger partial charge < -0.3 is 10.2 Å². The Bertz CT molecular complexity index is 1090. The van der Waals surface area contributed by atoms with E-state index >= 15 is 0 Å². The fraction of sp³-hybridized carbons (Fsp3) is 0.240. The van der Waals surface area contributed by atoms with Crippen molar-refractivity contribution in [2.24, 2.45) is 5.92 Å². The largest absolute Gasteiger partial charge is 0.378 e. The number of hydrogen-bond acceptors (Lipinski definition) is 2. The maximum absolute atomic E-state index is 12.4. The van der Waals surface area contributed by atoms with Crippen LogP contribution in [0.4, 0.5) is 5.69 Å². The normalized spacial score (nSPS) is 22.4. The summed E-state index contributed by atoms with van der Waals surface area (Å²) in [5.74, 6) is 0.857. The monoisotopic (exact) mass is 368 g/mol. The quantitative estimate of drug-likeness (QED) is 0.617. The fourth-order valence-electron chi connectivity index (χ4n) is 4.82. The van der Waals surface area contributed by atoms with E-state index in [9.17, 15) is 4.79 Å². The predicted molar refractivity (Wildman–Crippen MR) is 115 cm³/mol. The zero-order valence-corrected chi connectivity index (χ0v) is 16.2. The molecule has 3 aromatic carbocycles. The number of nitrogens with one attached hydrogen (secondary N) is 1. The van der Waals surface area contributed by atoms with Crippen LogP contribution < -0.4 is 5.32 Å². The first kappa shape index (κ1) is 17.1. The Hall–Kier alpha value is -3.07. The summed E-state index contributed by atoms with van der Waals surface area (Å²) in [6.45, 7) is 0. The van der Waals surface area contributed by atoms with E-state index in [4.69, 9.17) is 0 Å². The molecule has 3 atom stereocenters. The molecule has 0 fully saturated rings. The standard InChI is InChI=1S/C25H24N2O/c1-27(2)25(28)17-13-14-23-22(15-17)19-10-6-12-21(19)24(26-23)20-11-5-8-16-7-3-4-9-18(16)20/h3-11,13-15,19,21,24,26H,12H2,1-2H3. The molecule has 3 nitrogen and oxygen atoms in total. The number of rotatable bonds is 2. The molecule has 5 rings (SSSR count). The van der Waals surface area contributed by atoms with E-state index in [1.807, 2.05) is 6.07 Å². The molecule has 1 amide bonds. The highest BCUT2D eigenvalue weighted by atomic mass is 16.2.